The van der Waals surface area contributed by atoms with E-state index in [1.165, 1.54) is 6.92 Å². The summed E-state index contributed by atoms with van der Waals surface area (Å²) >= 11 is 5.06. The van der Waals surface area contributed by atoms with Crippen molar-refractivity contribution in [1.82, 2.24) is 4.98 Å². The van der Waals surface area contributed by atoms with Crippen LogP contribution in [0.2, 0.25) is 0 Å². The Morgan fingerprint density at radius 1 is 1.20 bits per heavy atom. The molecular formula is C23H22N2O2S3. The molecule has 0 aliphatic rings. The number of carbonyl (C=O) groups excluding carboxylic acids is 1. The molecule has 1 aromatic carbocycles. The van der Waals surface area contributed by atoms with E-state index >= 15 is 0 Å². The number of nitriles is 1. The Kier molecular flexibility index (Phi) is 8.81. The van der Waals surface area contributed by atoms with Gasteiger partial charge in [-0.15, -0.1) is 11.3 Å². The van der Waals surface area contributed by atoms with Crippen molar-refractivity contribution in [2.75, 3.05) is 17.4 Å². The summed E-state index contributed by atoms with van der Waals surface area (Å²) in [5, 5.41) is 13.5. The monoisotopic (exact) mass is 454 g/mol. The maximum Gasteiger partial charge on any atom is 0.302 e. The van der Waals surface area contributed by atoms with Crippen LogP contribution in [-0.4, -0.2) is 28.4 Å². The molecule has 0 aliphatic heterocycles. The number of pyridine rings is 1. The molecule has 2 aromatic heterocycles. The average molecular weight is 455 g/mol. The van der Waals surface area contributed by atoms with E-state index in [0.717, 1.165) is 50.4 Å². The third-order valence-corrected chi connectivity index (χ3v) is 7.40. The van der Waals surface area contributed by atoms with Crippen molar-refractivity contribution in [1.29, 1.82) is 5.26 Å². The van der Waals surface area contributed by atoms with E-state index in [2.05, 4.69) is 12.1 Å². The Hall–Kier alpha value is -2.27. The molecule has 30 heavy (non-hydrogen) atoms. The third-order valence-electron chi connectivity index (χ3n) is 4.22. The van der Waals surface area contributed by atoms with E-state index in [1.54, 1.807) is 34.9 Å². The van der Waals surface area contributed by atoms with Gasteiger partial charge in [-0.2, -0.15) is 17.0 Å². The number of thiophene rings is 1. The van der Waals surface area contributed by atoms with Gasteiger partial charge < -0.3 is 4.74 Å². The van der Waals surface area contributed by atoms with E-state index in [9.17, 15) is 10.1 Å². The lowest BCUT2D eigenvalue weighted by atomic mass is 10.0. The van der Waals surface area contributed by atoms with Gasteiger partial charge in [0, 0.05) is 17.6 Å². The molecule has 0 fully saturated rings. The first-order chi connectivity index (χ1) is 14.7. The zero-order valence-electron chi connectivity index (χ0n) is 16.7. The first-order valence-corrected chi connectivity index (χ1v) is 12.6. The second kappa shape index (κ2) is 11.8. The fourth-order valence-electron chi connectivity index (χ4n) is 2.81. The van der Waals surface area contributed by atoms with Gasteiger partial charge in [-0.05, 0) is 41.7 Å². The number of nitrogens with zero attached hydrogens (tertiary/aromatic N) is 2. The minimum absolute atomic E-state index is 0.229. The molecule has 0 atom stereocenters. The average Bonchev–Trinajstić information content (AvgIpc) is 3.30. The molecule has 0 saturated carbocycles. The highest BCUT2D eigenvalue weighted by Crippen LogP contribution is 2.36. The lowest BCUT2D eigenvalue weighted by Crippen LogP contribution is -2.00. The molecule has 4 nitrogen and oxygen atoms in total. The maximum absolute atomic E-state index is 10.8. The number of esters is 1. The van der Waals surface area contributed by atoms with Gasteiger partial charge in [0.25, 0.3) is 0 Å². The predicted octanol–water partition coefficient (Wildman–Crippen LogP) is 6.47. The molecule has 0 radical (unpaired) electrons. The predicted molar refractivity (Wildman–Crippen MR) is 127 cm³/mol. The van der Waals surface area contributed by atoms with E-state index in [0.29, 0.717) is 12.2 Å². The quantitative estimate of drug-likeness (QED) is 0.151. The van der Waals surface area contributed by atoms with Crippen molar-refractivity contribution >= 4 is 40.8 Å². The second-order valence-electron chi connectivity index (χ2n) is 6.41. The summed E-state index contributed by atoms with van der Waals surface area (Å²) in [4.78, 5) is 16.7. The molecule has 0 spiro atoms. The van der Waals surface area contributed by atoms with Crippen molar-refractivity contribution in [3.63, 3.8) is 0 Å². The maximum atomic E-state index is 10.8. The fourth-order valence-corrected chi connectivity index (χ4v) is 5.62. The van der Waals surface area contributed by atoms with E-state index in [4.69, 9.17) is 9.72 Å². The zero-order valence-corrected chi connectivity index (χ0v) is 19.1. The minimum atomic E-state index is -0.229. The Labute approximate surface area is 189 Å². The first kappa shape index (κ1) is 22.4. The van der Waals surface area contributed by atoms with Gasteiger partial charge in [-0.25, -0.2) is 4.98 Å². The Morgan fingerprint density at radius 3 is 2.73 bits per heavy atom. The summed E-state index contributed by atoms with van der Waals surface area (Å²) in [6.07, 6.45) is 1.85. The molecule has 2 heterocycles. The number of ether oxygens (including phenoxy) is 1. The van der Waals surface area contributed by atoms with Crippen LogP contribution in [0.15, 0.2) is 58.9 Å². The highest BCUT2D eigenvalue weighted by molar-refractivity contribution is 8.16. The van der Waals surface area contributed by atoms with Crippen LogP contribution in [-0.2, 0) is 9.53 Å². The number of hydrogen-bond donors (Lipinski definition) is 0. The standard InChI is InChI=1S/C23H22N2O2S3/c1-17(26)27-11-5-6-12-28-16-30-23-20(15-24)19(18-8-3-2-4-9-18)14-21(25-23)22-10-7-13-29-22/h2-4,7-10,13-14H,5-6,11-12,16H2,1H3. The van der Waals surface area contributed by atoms with Crippen LogP contribution in [0.4, 0.5) is 0 Å². The lowest BCUT2D eigenvalue weighted by Gasteiger charge is -2.12. The molecule has 3 aromatic rings. The van der Waals surface area contributed by atoms with Gasteiger partial charge in [0.1, 0.15) is 11.1 Å². The molecule has 7 heteroatoms. The minimum Gasteiger partial charge on any atom is -0.466 e. The molecule has 3 rings (SSSR count). The van der Waals surface area contributed by atoms with Crippen LogP contribution in [0.1, 0.15) is 25.3 Å². The molecule has 0 bridgehead atoms. The summed E-state index contributed by atoms with van der Waals surface area (Å²) in [5.74, 6) is 0.750. The number of rotatable bonds is 10. The molecule has 0 unspecified atom stereocenters. The Balaban J connectivity index is 1.72. The van der Waals surface area contributed by atoms with Gasteiger partial charge in [-0.1, -0.05) is 48.2 Å². The van der Waals surface area contributed by atoms with Gasteiger partial charge in [-0.3, -0.25) is 4.79 Å². The highest BCUT2D eigenvalue weighted by atomic mass is 32.2. The summed E-state index contributed by atoms with van der Waals surface area (Å²) < 4.78 is 4.95. The number of benzene rings is 1. The van der Waals surface area contributed by atoms with Crippen molar-refractivity contribution in [3.8, 4) is 27.8 Å². The van der Waals surface area contributed by atoms with Crippen molar-refractivity contribution in [2.24, 2.45) is 0 Å². The van der Waals surface area contributed by atoms with Gasteiger partial charge in [0.15, 0.2) is 0 Å². The van der Waals surface area contributed by atoms with Crippen molar-refractivity contribution in [3.05, 3.63) is 59.5 Å². The third kappa shape index (κ3) is 6.36. The fraction of sp³-hybridized carbons (Fsp3) is 0.261. The SMILES string of the molecule is CC(=O)OCCCCSCSc1nc(-c2cccs2)cc(-c2ccccc2)c1C#N. The van der Waals surface area contributed by atoms with Crippen LogP contribution in [0, 0.1) is 11.3 Å². The summed E-state index contributed by atoms with van der Waals surface area (Å²) in [7, 11) is 0. The second-order valence-corrected chi connectivity index (χ2v) is 9.79. The van der Waals surface area contributed by atoms with Crippen LogP contribution >= 0.6 is 34.9 Å². The molecular weight excluding hydrogens is 432 g/mol. The number of hydrogen-bond acceptors (Lipinski definition) is 7. The van der Waals surface area contributed by atoms with E-state index in [-0.39, 0.29) is 5.97 Å². The summed E-state index contributed by atoms with van der Waals surface area (Å²) in [5.41, 5.74) is 3.47. The van der Waals surface area contributed by atoms with Crippen LogP contribution in [0.3, 0.4) is 0 Å². The summed E-state index contributed by atoms with van der Waals surface area (Å²) in [6.45, 7) is 1.91. The number of aromatic nitrogens is 1. The van der Waals surface area contributed by atoms with E-state index < -0.39 is 0 Å². The molecule has 0 amide bonds. The zero-order chi connectivity index (χ0) is 21.2. The molecule has 0 saturated heterocycles. The molecule has 0 N–H and O–H groups in total. The lowest BCUT2D eigenvalue weighted by molar-refractivity contribution is -0.141. The number of thioether (sulfide) groups is 2. The van der Waals surface area contributed by atoms with E-state index in [1.807, 2.05) is 47.8 Å². The van der Waals surface area contributed by atoms with Crippen molar-refractivity contribution in [2.45, 2.75) is 24.8 Å². The normalized spacial score (nSPS) is 10.5. The smallest absolute Gasteiger partial charge is 0.302 e. The van der Waals surface area contributed by atoms with Gasteiger partial charge in [0.05, 0.1) is 22.7 Å². The van der Waals surface area contributed by atoms with Crippen molar-refractivity contribution < 1.29 is 9.53 Å². The van der Waals surface area contributed by atoms with Crippen LogP contribution in [0.25, 0.3) is 21.7 Å². The Morgan fingerprint density at radius 2 is 2.03 bits per heavy atom. The summed E-state index contributed by atoms with van der Waals surface area (Å²) in [6, 6.07) is 18.5. The number of unbranched alkanes of at least 4 members (excludes halogenated alkanes) is 1. The first-order valence-electron chi connectivity index (χ1n) is 9.57. The largest absolute Gasteiger partial charge is 0.466 e. The molecule has 154 valence electrons. The Bertz CT molecular complexity index is 999. The van der Waals surface area contributed by atoms with Crippen LogP contribution in [0.5, 0.6) is 0 Å². The number of carbonyl (C=O) groups is 1. The van der Waals surface area contributed by atoms with Gasteiger partial charge >= 0.3 is 5.97 Å². The van der Waals surface area contributed by atoms with Gasteiger partial charge in [0.2, 0.25) is 0 Å². The topological polar surface area (TPSA) is 63.0 Å². The molecule has 0 aliphatic carbocycles. The highest BCUT2D eigenvalue weighted by Gasteiger charge is 2.16. The van der Waals surface area contributed by atoms with Crippen LogP contribution < -0.4 is 0 Å².